The van der Waals surface area contributed by atoms with Crippen molar-refractivity contribution in [1.82, 2.24) is 5.32 Å². The van der Waals surface area contributed by atoms with E-state index in [1.165, 1.54) is 5.56 Å². The molecule has 0 spiro atoms. The van der Waals surface area contributed by atoms with Gasteiger partial charge in [0.25, 0.3) is 0 Å². The molecule has 0 aliphatic carbocycles. The molecular formula is C20H25NO2. The number of carbonyl (C=O) groups excluding carboxylic acids is 1. The van der Waals surface area contributed by atoms with Crippen LogP contribution in [0, 0.1) is 0 Å². The number of nitrogens with one attached hydrogen (secondary N) is 1. The van der Waals surface area contributed by atoms with Gasteiger partial charge in [-0.05, 0) is 30.5 Å². The Morgan fingerprint density at radius 3 is 2.52 bits per heavy atom. The Kier molecular flexibility index (Phi) is 6.36. The largest absolute Gasteiger partial charge is 0.497 e. The number of carbonyl (C=O) groups is 1. The fourth-order valence-electron chi connectivity index (χ4n) is 2.58. The second kappa shape index (κ2) is 8.49. The van der Waals surface area contributed by atoms with E-state index in [1.807, 2.05) is 24.3 Å². The van der Waals surface area contributed by atoms with Gasteiger partial charge in [-0.1, -0.05) is 49.4 Å². The molecule has 0 heterocycles. The highest BCUT2D eigenvalue weighted by Crippen LogP contribution is 2.18. The van der Waals surface area contributed by atoms with Crippen LogP contribution in [0.15, 0.2) is 54.6 Å². The number of ether oxygens (including phenoxy) is 1. The summed E-state index contributed by atoms with van der Waals surface area (Å²) in [5.41, 5.74) is 2.02. The second-order valence-electron chi connectivity index (χ2n) is 5.85. The maximum Gasteiger partial charge on any atom is 0.164 e. The molecule has 0 aromatic heterocycles. The molecule has 23 heavy (non-hydrogen) atoms. The standard InChI is InChI=1S/C20H25NO2/c1-15(17-8-5-4-6-9-17)16(2)21-13-12-20(22)18-10-7-11-19(14-18)23-3/h4-11,14-16,21H,12-13H2,1-3H3/t15-,16-/m0/s1. The smallest absolute Gasteiger partial charge is 0.164 e. The van der Waals surface area contributed by atoms with E-state index in [2.05, 4.69) is 43.4 Å². The van der Waals surface area contributed by atoms with Crippen LogP contribution in [0.5, 0.6) is 5.75 Å². The van der Waals surface area contributed by atoms with E-state index in [4.69, 9.17) is 4.74 Å². The Morgan fingerprint density at radius 2 is 1.83 bits per heavy atom. The fraction of sp³-hybridized carbons (Fsp3) is 0.350. The van der Waals surface area contributed by atoms with E-state index < -0.39 is 0 Å². The predicted molar refractivity (Wildman–Crippen MR) is 94.3 cm³/mol. The van der Waals surface area contributed by atoms with Crippen LogP contribution in [-0.4, -0.2) is 25.5 Å². The van der Waals surface area contributed by atoms with Gasteiger partial charge in [0.05, 0.1) is 7.11 Å². The fourth-order valence-corrected chi connectivity index (χ4v) is 2.58. The minimum absolute atomic E-state index is 0.135. The van der Waals surface area contributed by atoms with Gasteiger partial charge >= 0.3 is 0 Å². The van der Waals surface area contributed by atoms with Crippen LogP contribution in [0.4, 0.5) is 0 Å². The highest BCUT2D eigenvalue weighted by Gasteiger charge is 2.14. The molecule has 3 heteroatoms. The molecule has 0 fully saturated rings. The van der Waals surface area contributed by atoms with Crippen LogP contribution in [-0.2, 0) is 0 Å². The average molecular weight is 311 g/mol. The Bertz CT molecular complexity index is 625. The van der Waals surface area contributed by atoms with Crippen molar-refractivity contribution in [3.05, 3.63) is 65.7 Å². The number of hydrogen-bond donors (Lipinski definition) is 1. The molecule has 0 radical (unpaired) electrons. The van der Waals surface area contributed by atoms with E-state index in [1.54, 1.807) is 13.2 Å². The molecule has 0 saturated carbocycles. The molecule has 2 aromatic rings. The Balaban J connectivity index is 1.83. The van der Waals surface area contributed by atoms with Gasteiger partial charge < -0.3 is 10.1 Å². The zero-order valence-electron chi connectivity index (χ0n) is 14.1. The van der Waals surface area contributed by atoms with E-state index in [0.717, 1.165) is 5.75 Å². The third-order valence-electron chi connectivity index (χ3n) is 4.29. The van der Waals surface area contributed by atoms with Crippen molar-refractivity contribution < 1.29 is 9.53 Å². The first-order valence-electron chi connectivity index (χ1n) is 8.07. The van der Waals surface area contributed by atoms with Crippen LogP contribution >= 0.6 is 0 Å². The van der Waals surface area contributed by atoms with E-state index in [9.17, 15) is 4.79 Å². The zero-order valence-corrected chi connectivity index (χ0v) is 14.1. The van der Waals surface area contributed by atoms with Crippen LogP contribution in [0.3, 0.4) is 0 Å². The minimum atomic E-state index is 0.135. The molecule has 2 atom stereocenters. The molecule has 1 N–H and O–H groups in total. The number of ketones is 1. The summed E-state index contributed by atoms with van der Waals surface area (Å²) in [7, 11) is 1.61. The lowest BCUT2D eigenvalue weighted by Gasteiger charge is -2.21. The molecule has 2 rings (SSSR count). The predicted octanol–water partition coefficient (Wildman–Crippen LogP) is 4.05. The Hall–Kier alpha value is -2.13. The number of methoxy groups -OCH3 is 1. The van der Waals surface area contributed by atoms with E-state index in [0.29, 0.717) is 30.5 Å². The monoisotopic (exact) mass is 311 g/mol. The lowest BCUT2D eigenvalue weighted by molar-refractivity contribution is 0.0981. The summed E-state index contributed by atoms with van der Waals surface area (Å²) < 4.78 is 5.16. The minimum Gasteiger partial charge on any atom is -0.497 e. The molecule has 0 amide bonds. The normalized spacial score (nSPS) is 13.3. The topological polar surface area (TPSA) is 38.3 Å². The third-order valence-corrected chi connectivity index (χ3v) is 4.29. The summed E-state index contributed by atoms with van der Waals surface area (Å²) >= 11 is 0. The summed E-state index contributed by atoms with van der Waals surface area (Å²) in [5, 5.41) is 3.46. The highest BCUT2D eigenvalue weighted by molar-refractivity contribution is 5.96. The maximum absolute atomic E-state index is 12.2. The van der Waals surface area contributed by atoms with Gasteiger partial charge in [0.15, 0.2) is 5.78 Å². The van der Waals surface area contributed by atoms with Crippen LogP contribution in [0.1, 0.15) is 42.1 Å². The second-order valence-corrected chi connectivity index (χ2v) is 5.85. The molecule has 0 bridgehead atoms. The molecule has 2 aromatic carbocycles. The van der Waals surface area contributed by atoms with Gasteiger partial charge in [-0.2, -0.15) is 0 Å². The Morgan fingerprint density at radius 1 is 1.09 bits per heavy atom. The van der Waals surface area contributed by atoms with Crippen molar-refractivity contribution in [2.45, 2.75) is 32.2 Å². The molecule has 0 aliphatic heterocycles. The number of hydrogen-bond acceptors (Lipinski definition) is 3. The van der Waals surface area contributed by atoms with Crippen molar-refractivity contribution in [2.24, 2.45) is 0 Å². The Labute approximate surface area is 138 Å². The summed E-state index contributed by atoms with van der Waals surface area (Å²) in [6.07, 6.45) is 0.485. The molecule has 0 unspecified atom stereocenters. The number of Topliss-reactive ketones (excluding diaryl/α,β-unsaturated/α-hetero) is 1. The first-order valence-corrected chi connectivity index (χ1v) is 8.07. The van der Waals surface area contributed by atoms with Crippen LogP contribution < -0.4 is 10.1 Å². The average Bonchev–Trinajstić information content (AvgIpc) is 2.61. The van der Waals surface area contributed by atoms with Crippen molar-refractivity contribution >= 4 is 5.78 Å². The van der Waals surface area contributed by atoms with Crippen LogP contribution in [0.25, 0.3) is 0 Å². The molecule has 122 valence electrons. The summed E-state index contributed by atoms with van der Waals surface area (Å²) in [6.45, 7) is 5.04. The van der Waals surface area contributed by atoms with Gasteiger partial charge in [0.2, 0.25) is 0 Å². The van der Waals surface area contributed by atoms with E-state index in [-0.39, 0.29) is 5.78 Å². The van der Waals surface area contributed by atoms with Crippen LogP contribution in [0.2, 0.25) is 0 Å². The van der Waals surface area contributed by atoms with Crippen molar-refractivity contribution in [3.8, 4) is 5.75 Å². The van der Waals surface area contributed by atoms with Gasteiger partial charge in [-0.15, -0.1) is 0 Å². The van der Waals surface area contributed by atoms with Crippen molar-refractivity contribution in [2.75, 3.05) is 13.7 Å². The lowest BCUT2D eigenvalue weighted by Crippen LogP contribution is -2.32. The maximum atomic E-state index is 12.2. The van der Waals surface area contributed by atoms with Crippen molar-refractivity contribution in [1.29, 1.82) is 0 Å². The summed E-state index contributed by atoms with van der Waals surface area (Å²) in [6, 6.07) is 18.1. The van der Waals surface area contributed by atoms with E-state index >= 15 is 0 Å². The molecule has 0 aliphatic rings. The molecule has 3 nitrogen and oxygen atoms in total. The summed E-state index contributed by atoms with van der Waals surface area (Å²) in [4.78, 5) is 12.2. The lowest BCUT2D eigenvalue weighted by atomic mass is 9.94. The highest BCUT2D eigenvalue weighted by atomic mass is 16.5. The number of rotatable bonds is 8. The first kappa shape index (κ1) is 17.2. The third kappa shape index (κ3) is 4.93. The SMILES string of the molecule is COc1cccc(C(=O)CCN[C@@H](C)[C@H](C)c2ccccc2)c1. The van der Waals surface area contributed by atoms with Gasteiger partial charge in [0, 0.05) is 24.6 Å². The van der Waals surface area contributed by atoms with Crippen molar-refractivity contribution in [3.63, 3.8) is 0 Å². The molecular weight excluding hydrogens is 286 g/mol. The van der Waals surface area contributed by atoms with Gasteiger partial charge in [0.1, 0.15) is 5.75 Å². The summed E-state index contributed by atoms with van der Waals surface area (Å²) in [5.74, 6) is 1.26. The number of benzene rings is 2. The first-order chi connectivity index (χ1) is 11.1. The quantitative estimate of drug-likeness (QED) is 0.747. The van der Waals surface area contributed by atoms with Gasteiger partial charge in [-0.3, -0.25) is 4.79 Å². The molecule has 0 saturated heterocycles. The van der Waals surface area contributed by atoms with Gasteiger partial charge in [-0.25, -0.2) is 0 Å². The zero-order chi connectivity index (χ0) is 16.7.